The number of aryl methyl sites for hydroxylation is 2. The van der Waals surface area contributed by atoms with E-state index in [4.69, 9.17) is 4.74 Å². The number of nitrogens with zero attached hydrogens (tertiary/aromatic N) is 1. The van der Waals surface area contributed by atoms with Crippen LogP contribution < -0.4 is 14.4 Å². The minimum atomic E-state index is -3.75. The molecular formula is C23H28N2O4S. The van der Waals surface area contributed by atoms with Crippen molar-refractivity contribution >= 4 is 21.6 Å². The molecule has 0 aliphatic carbocycles. The quantitative estimate of drug-likeness (QED) is 0.798. The second-order valence-electron chi connectivity index (χ2n) is 8.88. The highest BCUT2D eigenvalue weighted by Crippen LogP contribution is 2.40. The van der Waals surface area contributed by atoms with Crippen LogP contribution in [0.25, 0.3) is 0 Å². The van der Waals surface area contributed by atoms with Gasteiger partial charge in [-0.25, -0.2) is 13.1 Å². The molecule has 2 aliphatic heterocycles. The van der Waals surface area contributed by atoms with Crippen molar-refractivity contribution in [1.82, 2.24) is 4.72 Å². The van der Waals surface area contributed by atoms with Gasteiger partial charge in [-0.2, -0.15) is 0 Å². The van der Waals surface area contributed by atoms with Crippen molar-refractivity contribution in [3.63, 3.8) is 0 Å². The zero-order valence-electron chi connectivity index (χ0n) is 17.9. The van der Waals surface area contributed by atoms with E-state index >= 15 is 0 Å². The number of sulfonamides is 1. The Bertz CT molecular complexity index is 1110. The smallest absolute Gasteiger partial charge is 0.241 e. The maximum Gasteiger partial charge on any atom is 0.241 e. The van der Waals surface area contributed by atoms with Gasteiger partial charge in [0, 0.05) is 30.6 Å². The molecule has 1 N–H and O–H groups in total. The summed E-state index contributed by atoms with van der Waals surface area (Å²) in [4.78, 5) is 14.0. The minimum Gasteiger partial charge on any atom is -0.487 e. The molecule has 4 rings (SSSR count). The molecule has 2 aromatic carbocycles. The van der Waals surface area contributed by atoms with Crippen molar-refractivity contribution in [3.8, 4) is 5.75 Å². The molecule has 160 valence electrons. The van der Waals surface area contributed by atoms with Crippen molar-refractivity contribution < 1.29 is 17.9 Å². The predicted octanol–water partition coefficient (Wildman–Crippen LogP) is 4.01. The molecule has 6 nitrogen and oxygen atoms in total. The number of amides is 1. The Morgan fingerprint density at radius 2 is 1.90 bits per heavy atom. The molecule has 0 bridgehead atoms. The van der Waals surface area contributed by atoms with Gasteiger partial charge in [0.2, 0.25) is 15.9 Å². The number of hydrogen-bond acceptors (Lipinski definition) is 4. The van der Waals surface area contributed by atoms with Gasteiger partial charge < -0.3 is 9.64 Å². The van der Waals surface area contributed by atoms with Crippen molar-refractivity contribution in [2.45, 2.75) is 63.5 Å². The van der Waals surface area contributed by atoms with Crippen molar-refractivity contribution in [3.05, 3.63) is 53.1 Å². The molecule has 0 radical (unpaired) electrons. The Kier molecular flexibility index (Phi) is 5.14. The summed E-state index contributed by atoms with van der Waals surface area (Å²) < 4.78 is 35.4. The maximum absolute atomic E-state index is 13.2. The van der Waals surface area contributed by atoms with E-state index in [0.29, 0.717) is 25.1 Å². The highest BCUT2D eigenvalue weighted by molar-refractivity contribution is 7.89. The molecule has 2 heterocycles. The third-order valence-corrected chi connectivity index (χ3v) is 7.23. The number of fused-ring (bicyclic) bond motifs is 1. The number of rotatable bonds is 4. The summed E-state index contributed by atoms with van der Waals surface area (Å²) in [5.41, 5.74) is 2.98. The lowest BCUT2D eigenvalue weighted by Gasteiger charge is -2.38. The highest BCUT2D eigenvalue weighted by Gasteiger charge is 2.36. The van der Waals surface area contributed by atoms with Crippen LogP contribution in [0.4, 0.5) is 5.69 Å². The Morgan fingerprint density at radius 3 is 2.57 bits per heavy atom. The first-order chi connectivity index (χ1) is 14.1. The topological polar surface area (TPSA) is 75.7 Å². The second-order valence-corrected chi connectivity index (χ2v) is 10.6. The van der Waals surface area contributed by atoms with Gasteiger partial charge in [0.15, 0.2) is 0 Å². The molecular weight excluding hydrogens is 400 g/mol. The molecule has 0 aromatic heterocycles. The average Bonchev–Trinajstić information content (AvgIpc) is 3.07. The van der Waals surface area contributed by atoms with E-state index < -0.39 is 15.6 Å². The number of carbonyl (C=O) groups is 1. The van der Waals surface area contributed by atoms with Crippen LogP contribution in [0.5, 0.6) is 5.75 Å². The van der Waals surface area contributed by atoms with Crippen molar-refractivity contribution in [2.75, 3.05) is 11.4 Å². The number of ether oxygens (including phenoxy) is 1. The molecule has 1 saturated heterocycles. The van der Waals surface area contributed by atoms with E-state index in [1.807, 2.05) is 45.9 Å². The number of anilines is 1. The first-order valence-electron chi connectivity index (χ1n) is 10.3. The SMILES string of the molecule is Cc1ccc2c(c1)[C@@H](NS(=O)(=O)c1ccc(N3CCCC3=O)c(C)c1)CC(C)(C)O2. The lowest BCUT2D eigenvalue weighted by molar-refractivity contribution is -0.117. The van der Waals surface area contributed by atoms with E-state index in [1.165, 1.54) is 0 Å². The van der Waals surface area contributed by atoms with Gasteiger partial charge >= 0.3 is 0 Å². The van der Waals surface area contributed by atoms with E-state index in [-0.39, 0.29) is 16.8 Å². The van der Waals surface area contributed by atoms with Gasteiger partial charge in [-0.3, -0.25) is 4.79 Å². The van der Waals surface area contributed by atoms with Gasteiger partial charge in [-0.15, -0.1) is 0 Å². The average molecular weight is 429 g/mol. The second kappa shape index (κ2) is 7.39. The summed E-state index contributed by atoms with van der Waals surface area (Å²) in [5, 5.41) is 0. The Labute approximate surface area is 178 Å². The lowest BCUT2D eigenvalue weighted by Crippen LogP contribution is -2.41. The number of benzene rings is 2. The molecule has 1 fully saturated rings. The van der Waals surface area contributed by atoms with Gasteiger partial charge in [0.1, 0.15) is 11.4 Å². The van der Waals surface area contributed by atoms with Crippen molar-refractivity contribution in [1.29, 1.82) is 0 Å². The van der Waals surface area contributed by atoms with Gasteiger partial charge in [0.05, 0.1) is 10.9 Å². The van der Waals surface area contributed by atoms with E-state index in [0.717, 1.165) is 28.8 Å². The minimum absolute atomic E-state index is 0.0863. The number of carbonyl (C=O) groups excluding carboxylic acids is 1. The summed E-state index contributed by atoms with van der Waals surface area (Å²) in [6.07, 6.45) is 1.90. The van der Waals surface area contributed by atoms with Crippen molar-refractivity contribution in [2.24, 2.45) is 0 Å². The molecule has 0 saturated carbocycles. The fourth-order valence-electron chi connectivity index (χ4n) is 4.34. The Hall–Kier alpha value is -2.38. The third kappa shape index (κ3) is 3.96. The van der Waals surface area contributed by atoms with Gasteiger partial charge in [-0.1, -0.05) is 17.7 Å². The predicted molar refractivity (Wildman–Crippen MR) is 116 cm³/mol. The summed E-state index contributed by atoms with van der Waals surface area (Å²) in [6, 6.07) is 10.4. The molecule has 0 spiro atoms. The molecule has 1 atom stereocenters. The van der Waals surface area contributed by atoms with Gasteiger partial charge in [0.25, 0.3) is 0 Å². The lowest BCUT2D eigenvalue weighted by atomic mass is 9.89. The largest absolute Gasteiger partial charge is 0.487 e. The highest BCUT2D eigenvalue weighted by atomic mass is 32.2. The van der Waals surface area contributed by atoms with Crippen LogP contribution in [0.15, 0.2) is 41.3 Å². The third-order valence-electron chi connectivity index (χ3n) is 5.76. The molecule has 2 aromatic rings. The van der Waals surface area contributed by atoms with E-state index in [9.17, 15) is 13.2 Å². The van der Waals surface area contributed by atoms with Crippen LogP contribution in [0.3, 0.4) is 0 Å². The first kappa shape index (κ1) is 20.9. The molecule has 1 amide bonds. The Balaban J connectivity index is 1.64. The van der Waals surface area contributed by atoms with Crippen LogP contribution in [-0.4, -0.2) is 26.5 Å². The van der Waals surface area contributed by atoms with Crippen LogP contribution in [0, 0.1) is 13.8 Å². The fraction of sp³-hybridized carbons (Fsp3) is 0.435. The molecule has 30 heavy (non-hydrogen) atoms. The maximum atomic E-state index is 13.2. The van der Waals surface area contributed by atoms with Crippen LogP contribution >= 0.6 is 0 Å². The monoisotopic (exact) mass is 428 g/mol. The summed E-state index contributed by atoms with van der Waals surface area (Å²) in [5.74, 6) is 0.798. The standard InChI is InChI=1S/C23H28N2O4S/c1-15-7-10-21-18(12-15)19(14-23(3,4)29-21)24-30(27,28)17-8-9-20(16(2)13-17)25-11-5-6-22(25)26/h7-10,12-13,19,24H,5-6,11,14H2,1-4H3/t19-/m0/s1. The van der Waals surface area contributed by atoms with Crippen LogP contribution in [-0.2, 0) is 14.8 Å². The van der Waals surface area contributed by atoms with Crippen LogP contribution in [0.2, 0.25) is 0 Å². The van der Waals surface area contributed by atoms with E-state index in [2.05, 4.69) is 4.72 Å². The fourth-order valence-corrected chi connectivity index (χ4v) is 5.64. The summed E-state index contributed by atoms with van der Waals surface area (Å²) in [7, 11) is -3.75. The number of nitrogens with one attached hydrogen (secondary N) is 1. The van der Waals surface area contributed by atoms with Crippen LogP contribution in [0.1, 0.15) is 55.8 Å². The normalized spacial score (nSPS) is 20.7. The number of hydrogen-bond donors (Lipinski definition) is 1. The zero-order valence-corrected chi connectivity index (χ0v) is 18.7. The zero-order chi connectivity index (χ0) is 21.7. The molecule has 7 heteroatoms. The van der Waals surface area contributed by atoms with E-state index in [1.54, 1.807) is 23.1 Å². The molecule has 2 aliphatic rings. The summed E-state index contributed by atoms with van der Waals surface area (Å²) in [6.45, 7) is 8.42. The van der Waals surface area contributed by atoms with Gasteiger partial charge in [-0.05, 0) is 63.9 Å². The first-order valence-corrected chi connectivity index (χ1v) is 11.8. The Morgan fingerprint density at radius 1 is 1.13 bits per heavy atom. The molecule has 0 unspecified atom stereocenters. The summed E-state index contributed by atoms with van der Waals surface area (Å²) >= 11 is 0.